The van der Waals surface area contributed by atoms with Crippen LogP contribution in [-0.2, 0) is 14.8 Å². The van der Waals surface area contributed by atoms with Gasteiger partial charge in [-0.2, -0.15) is 4.31 Å². The van der Waals surface area contributed by atoms with Gasteiger partial charge in [-0.15, -0.1) is 0 Å². The molecule has 1 fully saturated rings. The van der Waals surface area contributed by atoms with E-state index in [1.54, 1.807) is 12.3 Å². The zero-order valence-electron chi connectivity index (χ0n) is 9.67. The minimum atomic E-state index is -3.42. The van der Waals surface area contributed by atoms with Crippen LogP contribution in [0.4, 0.5) is 0 Å². The van der Waals surface area contributed by atoms with Crippen molar-refractivity contribution < 1.29 is 13.2 Å². The number of rotatable bonds is 3. The third kappa shape index (κ3) is 2.52. The maximum absolute atomic E-state index is 12.2. The molecule has 2 atom stereocenters. The molecule has 0 bridgehead atoms. The van der Waals surface area contributed by atoms with Crippen molar-refractivity contribution in [1.82, 2.24) is 9.29 Å². The van der Waals surface area contributed by atoms with E-state index in [2.05, 4.69) is 4.98 Å². The van der Waals surface area contributed by atoms with Crippen molar-refractivity contribution in [2.24, 2.45) is 5.73 Å². The van der Waals surface area contributed by atoms with E-state index in [1.165, 1.54) is 10.5 Å². The molecule has 17 heavy (non-hydrogen) atoms. The molecule has 1 aliphatic heterocycles. The van der Waals surface area contributed by atoms with Crippen LogP contribution in [0.25, 0.3) is 0 Å². The van der Waals surface area contributed by atoms with E-state index < -0.39 is 10.0 Å². The Morgan fingerprint density at radius 1 is 1.65 bits per heavy atom. The number of aromatic amines is 1. The van der Waals surface area contributed by atoms with Crippen molar-refractivity contribution in [2.45, 2.75) is 24.0 Å². The second kappa shape index (κ2) is 4.77. The number of nitrogens with zero attached hydrogens (tertiary/aromatic N) is 1. The molecule has 0 radical (unpaired) electrons. The van der Waals surface area contributed by atoms with E-state index in [9.17, 15) is 8.42 Å². The summed E-state index contributed by atoms with van der Waals surface area (Å²) in [6, 6.07) is 1.37. The Bertz CT molecular complexity index is 455. The van der Waals surface area contributed by atoms with Crippen molar-refractivity contribution in [1.29, 1.82) is 0 Å². The summed E-state index contributed by atoms with van der Waals surface area (Å²) in [5.74, 6) is 0. The lowest BCUT2D eigenvalue weighted by molar-refractivity contribution is -0.0120. The zero-order valence-corrected chi connectivity index (χ0v) is 10.5. The molecule has 0 saturated carbocycles. The third-order valence-electron chi connectivity index (χ3n) is 2.85. The first kappa shape index (κ1) is 12.6. The largest absolute Gasteiger partial charge is 0.374 e. The number of morpholine rings is 1. The number of hydrogen-bond acceptors (Lipinski definition) is 4. The van der Waals surface area contributed by atoms with Crippen molar-refractivity contribution in [3.63, 3.8) is 0 Å². The number of aromatic nitrogens is 1. The average molecular weight is 259 g/mol. The number of ether oxygens (including phenoxy) is 1. The summed E-state index contributed by atoms with van der Waals surface area (Å²) in [4.78, 5) is 3.03. The Morgan fingerprint density at radius 3 is 3.00 bits per heavy atom. The fourth-order valence-corrected chi connectivity index (χ4v) is 3.22. The highest BCUT2D eigenvalue weighted by Crippen LogP contribution is 2.18. The Labute approximate surface area is 101 Å². The van der Waals surface area contributed by atoms with E-state index in [0.717, 1.165) is 0 Å². The van der Waals surface area contributed by atoms with Crippen molar-refractivity contribution in [3.05, 3.63) is 18.5 Å². The minimum Gasteiger partial charge on any atom is -0.374 e. The Hall–Kier alpha value is -0.890. The third-order valence-corrected chi connectivity index (χ3v) is 4.71. The molecule has 1 aliphatic rings. The number of nitrogens with two attached hydrogens (primary N) is 1. The highest BCUT2D eigenvalue weighted by Gasteiger charge is 2.32. The molecule has 1 aromatic heterocycles. The van der Waals surface area contributed by atoms with Gasteiger partial charge in [-0.3, -0.25) is 0 Å². The normalized spacial score (nSPS) is 24.7. The first-order valence-electron chi connectivity index (χ1n) is 5.52. The molecule has 1 aromatic rings. The monoisotopic (exact) mass is 259 g/mol. The van der Waals surface area contributed by atoms with Gasteiger partial charge in [0.2, 0.25) is 10.0 Å². The predicted octanol–water partition coefficient (Wildman–Crippen LogP) is -0.249. The topological polar surface area (TPSA) is 88.4 Å². The lowest BCUT2D eigenvalue weighted by Crippen LogP contribution is -2.51. The molecule has 0 spiro atoms. The molecule has 96 valence electrons. The fraction of sp³-hybridized carbons (Fsp3) is 0.600. The van der Waals surface area contributed by atoms with Gasteiger partial charge in [-0.25, -0.2) is 8.42 Å². The molecule has 2 unspecified atom stereocenters. The zero-order chi connectivity index (χ0) is 12.5. The van der Waals surface area contributed by atoms with E-state index in [-0.39, 0.29) is 17.0 Å². The van der Waals surface area contributed by atoms with Crippen LogP contribution in [0.15, 0.2) is 23.4 Å². The van der Waals surface area contributed by atoms with Crippen LogP contribution in [0.1, 0.15) is 6.92 Å². The molecule has 1 saturated heterocycles. The van der Waals surface area contributed by atoms with Crippen molar-refractivity contribution in [2.75, 3.05) is 19.7 Å². The van der Waals surface area contributed by atoms with Crippen LogP contribution in [0.2, 0.25) is 0 Å². The molecule has 2 rings (SSSR count). The summed E-state index contributed by atoms with van der Waals surface area (Å²) in [6.45, 7) is 2.88. The molecule has 0 aromatic carbocycles. The summed E-state index contributed by atoms with van der Waals surface area (Å²) in [6.07, 6.45) is 2.83. The van der Waals surface area contributed by atoms with Crippen LogP contribution < -0.4 is 5.73 Å². The Morgan fingerprint density at radius 2 is 2.41 bits per heavy atom. The average Bonchev–Trinajstić information content (AvgIpc) is 2.83. The van der Waals surface area contributed by atoms with Gasteiger partial charge >= 0.3 is 0 Å². The van der Waals surface area contributed by atoms with Crippen LogP contribution in [-0.4, -0.2) is 49.5 Å². The van der Waals surface area contributed by atoms with E-state index in [1.807, 2.05) is 6.92 Å². The molecular formula is C10H17N3O3S. The second-order valence-corrected chi connectivity index (χ2v) is 6.12. The second-order valence-electron chi connectivity index (χ2n) is 4.18. The maximum Gasteiger partial charge on any atom is 0.244 e. The van der Waals surface area contributed by atoms with E-state index in [0.29, 0.717) is 19.7 Å². The van der Waals surface area contributed by atoms with Gasteiger partial charge in [0.15, 0.2) is 0 Å². The van der Waals surface area contributed by atoms with Gasteiger partial charge in [0.25, 0.3) is 0 Å². The van der Waals surface area contributed by atoms with Gasteiger partial charge in [0, 0.05) is 31.5 Å². The summed E-state index contributed by atoms with van der Waals surface area (Å²) in [5, 5.41) is 0. The quantitative estimate of drug-likeness (QED) is 0.783. The summed E-state index contributed by atoms with van der Waals surface area (Å²) in [7, 11) is -3.42. The Kier molecular flexibility index (Phi) is 3.53. The molecular weight excluding hydrogens is 242 g/mol. The first-order chi connectivity index (χ1) is 8.01. The van der Waals surface area contributed by atoms with Gasteiger partial charge in [0.1, 0.15) is 0 Å². The lowest BCUT2D eigenvalue weighted by Gasteiger charge is -2.33. The molecule has 7 heteroatoms. The molecule has 0 aliphatic carbocycles. The lowest BCUT2D eigenvalue weighted by atomic mass is 10.2. The molecule has 2 heterocycles. The van der Waals surface area contributed by atoms with Crippen LogP contribution in [0, 0.1) is 0 Å². The number of nitrogens with one attached hydrogen (secondary N) is 1. The smallest absolute Gasteiger partial charge is 0.244 e. The summed E-state index contributed by atoms with van der Waals surface area (Å²) < 4.78 is 31.3. The van der Waals surface area contributed by atoms with Gasteiger partial charge in [-0.05, 0) is 13.0 Å². The molecule has 6 nitrogen and oxygen atoms in total. The molecule has 0 amide bonds. The summed E-state index contributed by atoms with van der Waals surface area (Å²) in [5.41, 5.74) is 5.74. The predicted molar refractivity (Wildman–Crippen MR) is 62.9 cm³/mol. The Balaban J connectivity index is 2.17. The van der Waals surface area contributed by atoms with E-state index >= 15 is 0 Å². The van der Waals surface area contributed by atoms with E-state index in [4.69, 9.17) is 10.5 Å². The van der Waals surface area contributed by atoms with Crippen LogP contribution in [0.5, 0.6) is 0 Å². The van der Waals surface area contributed by atoms with Crippen LogP contribution >= 0.6 is 0 Å². The maximum atomic E-state index is 12.2. The first-order valence-corrected chi connectivity index (χ1v) is 6.96. The van der Waals surface area contributed by atoms with Gasteiger partial charge < -0.3 is 15.5 Å². The minimum absolute atomic E-state index is 0.181. The standard InChI is InChI=1S/C10H17N3O3S/c1-8(11)10-7-13(4-5-16-10)17(14,15)9-2-3-12-6-9/h2-3,6,8,10,12H,4-5,7,11H2,1H3. The van der Waals surface area contributed by atoms with Crippen molar-refractivity contribution in [3.8, 4) is 0 Å². The van der Waals surface area contributed by atoms with Crippen LogP contribution in [0.3, 0.4) is 0 Å². The number of hydrogen-bond donors (Lipinski definition) is 2. The molecule has 3 N–H and O–H groups in total. The summed E-state index contributed by atoms with van der Waals surface area (Å²) >= 11 is 0. The highest BCUT2D eigenvalue weighted by atomic mass is 32.2. The van der Waals surface area contributed by atoms with Crippen molar-refractivity contribution >= 4 is 10.0 Å². The number of sulfonamides is 1. The van der Waals surface area contributed by atoms with Gasteiger partial charge in [-0.1, -0.05) is 0 Å². The highest BCUT2D eigenvalue weighted by molar-refractivity contribution is 7.89. The SMILES string of the molecule is CC(N)C1CN(S(=O)(=O)c2cc[nH]c2)CCO1. The van der Waals surface area contributed by atoms with Gasteiger partial charge in [0.05, 0.1) is 17.6 Å². The fourth-order valence-electron chi connectivity index (χ4n) is 1.81. The number of H-pyrrole nitrogens is 1.